The maximum absolute atomic E-state index is 12.4. The fraction of sp³-hybridized carbons (Fsp3) is 0.250. The van der Waals surface area contributed by atoms with Crippen molar-refractivity contribution in [1.82, 2.24) is 4.98 Å². The van der Waals surface area contributed by atoms with Gasteiger partial charge >= 0.3 is 5.97 Å². The second-order valence-electron chi connectivity index (χ2n) is 2.71. The summed E-state index contributed by atoms with van der Waals surface area (Å²) in [5.74, 6) is -1.81. The molecule has 0 unspecified atom stereocenters. The maximum Gasteiger partial charge on any atom is 0.307 e. The molecular formula is C8H6ClF2NO3. The minimum absolute atomic E-state index is 0.251. The molecule has 0 aliphatic carbocycles. The highest BCUT2D eigenvalue weighted by Crippen LogP contribution is 2.29. The van der Waals surface area contributed by atoms with Crippen LogP contribution in [-0.4, -0.2) is 21.2 Å². The molecule has 0 bridgehead atoms. The number of hydrogen-bond acceptors (Lipinski definition) is 3. The van der Waals surface area contributed by atoms with Crippen LogP contribution in [0.1, 0.15) is 17.7 Å². The van der Waals surface area contributed by atoms with Crippen LogP contribution in [0, 0.1) is 0 Å². The Labute approximate surface area is 88.1 Å². The number of carbonyl (C=O) groups is 1. The molecule has 7 heteroatoms. The molecule has 0 saturated carbocycles. The molecule has 0 radical (unpaired) electrons. The van der Waals surface area contributed by atoms with Gasteiger partial charge in [-0.2, -0.15) is 0 Å². The van der Waals surface area contributed by atoms with Gasteiger partial charge in [-0.3, -0.25) is 4.79 Å². The van der Waals surface area contributed by atoms with Crippen molar-refractivity contribution in [3.63, 3.8) is 0 Å². The number of carboxylic acid groups (broad SMARTS) is 1. The van der Waals surface area contributed by atoms with Gasteiger partial charge in [0.25, 0.3) is 6.43 Å². The highest BCUT2D eigenvalue weighted by Gasteiger charge is 2.19. The van der Waals surface area contributed by atoms with Crippen LogP contribution < -0.4 is 0 Å². The number of halogens is 3. The van der Waals surface area contributed by atoms with Gasteiger partial charge in [0.1, 0.15) is 5.69 Å². The van der Waals surface area contributed by atoms with Crippen molar-refractivity contribution in [3.8, 4) is 5.75 Å². The van der Waals surface area contributed by atoms with Crippen LogP contribution in [-0.2, 0) is 11.2 Å². The maximum atomic E-state index is 12.4. The number of aromatic hydroxyl groups is 1. The van der Waals surface area contributed by atoms with Crippen molar-refractivity contribution in [3.05, 3.63) is 22.5 Å². The molecule has 1 heterocycles. The van der Waals surface area contributed by atoms with Crippen LogP contribution >= 0.6 is 11.6 Å². The highest BCUT2D eigenvalue weighted by atomic mass is 35.5. The average molecular weight is 238 g/mol. The standard InChI is InChI=1S/C8H6ClF2NO3/c9-7-4(13)1-3(2-5(14)15)6(12-7)8(10)11/h1,8,13H,2H2,(H,14,15). The highest BCUT2D eigenvalue weighted by molar-refractivity contribution is 6.30. The summed E-state index contributed by atoms with van der Waals surface area (Å²) in [6.45, 7) is 0. The summed E-state index contributed by atoms with van der Waals surface area (Å²) in [6.07, 6.45) is -3.57. The third kappa shape index (κ3) is 2.76. The summed E-state index contributed by atoms with van der Waals surface area (Å²) < 4.78 is 24.8. The van der Waals surface area contributed by atoms with Crippen LogP contribution in [0.3, 0.4) is 0 Å². The van der Waals surface area contributed by atoms with E-state index in [1.54, 1.807) is 0 Å². The molecule has 0 fully saturated rings. The number of pyridine rings is 1. The van der Waals surface area contributed by atoms with Crippen LogP contribution in [0.15, 0.2) is 6.07 Å². The topological polar surface area (TPSA) is 70.4 Å². The summed E-state index contributed by atoms with van der Waals surface area (Å²) in [7, 11) is 0. The molecule has 1 aromatic heterocycles. The van der Waals surface area contributed by atoms with E-state index in [9.17, 15) is 13.6 Å². The second kappa shape index (κ2) is 4.39. The summed E-state index contributed by atoms with van der Waals surface area (Å²) >= 11 is 5.32. The van der Waals surface area contributed by atoms with Gasteiger partial charge in [-0.05, 0) is 11.6 Å². The number of alkyl halides is 2. The lowest BCUT2D eigenvalue weighted by molar-refractivity contribution is -0.136. The Bertz CT molecular complexity index is 398. The molecule has 0 amide bonds. The third-order valence-corrected chi connectivity index (χ3v) is 1.90. The van der Waals surface area contributed by atoms with Gasteiger partial charge < -0.3 is 10.2 Å². The lowest BCUT2D eigenvalue weighted by atomic mass is 10.1. The van der Waals surface area contributed by atoms with Gasteiger partial charge in [-0.25, -0.2) is 13.8 Å². The molecule has 1 rings (SSSR count). The predicted molar refractivity (Wildman–Crippen MR) is 47.2 cm³/mol. The van der Waals surface area contributed by atoms with Gasteiger partial charge in [0.2, 0.25) is 0 Å². The molecule has 4 nitrogen and oxygen atoms in total. The Kier molecular flexibility index (Phi) is 3.41. The molecule has 1 aromatic rings. The molecule has 0 spiro atoms. The van der Waals surface area contributed by atoms with E-state index in [4.69, 9.17) is 21.8 Å². The zero-order valence-electron chi connectivity index (χ0n) is 7.25. The lowest BCUT2D eigenvalue weighted by Gasteiger charge is -2.07. The molecule has 0 aliphatic heterocycles. The van der Waals surface area contributed by atoms with Gasteiger partial charge in [0.05, 0.1) is 6.42 Å². The summed E-state index contributed by atoms with van der Waals surface area (Å²) in [4.78, 5) is 13.6. The van der Waals surface area contributed by atoms with Crippen LogP contribution in [0.5, 0.6) is 5.75 Å². The van der Waals surface area contributed by atoms with Gasteiger partial charge in [0, 0.05) is 0 Å². The zero-order valence-corrected chi connectivity index (χ0v) is 8.00. The van der Waals surface area contributed by atoms with Crippen molar-refractivity contribution in [2.75, 3.05) is 0 Å². The molecule has 0 aliphatic rings. The average Bonchev–Trinajstić information content (AvgIpc) is 2.09. The summed E-state index contributed by atoms with van der Waals surface area (Å²) in [6, 6.07) is 0.880. The van der Waals surface area contributed by atoms with Crippen LogP contribution in [0.25, 0.3) is 0 Å². The molecule has 0 aromatic carbocycles. The number of aliphatic carboxylic acids is 1. The van der Waals surface area contributed by atoms with E-state index in [1.165, 1.54) is 0 Å². The Morgan fingerprint density at radius 1 is 1.60 bits per heavy atom. The first-order valence-corrected chi connectivity index (χ1v) is 4.18. The van der Waals surface area contributed by atoms with E-state index in [-0.39, 0.29) is 5.56 Å². The van der Waals surface area contributed by atoms with Crippen molar-refractivity contribution < 1.29 is 23.8 Å². The van der Waals surface area contributed by atoms with E-state index in [2.05, 4.69) is 4.98 Å². The quantitative estimate of drug-likeness (QED) is 0.789. The van der Waals surface area contributed by atoms with Gasteiger partial charge in [-0.15, -0.1) is 0 Å². The molecule has 82 valence electrons. The minimum Gasteiger partial charge on any atom is -0.505 e. The van der Waals surface area contributed by atoms with Gasteiger partial charge in [0.15, 0.2) is 10.9 Å². The molecule has 15 heavy (non-hydrogen) atoms. The number of nitrogens with zero attached hydrogens (tertiary/aromatic N) is 1. The Balaban J connectivity index is 3.21. The number of hydrogen-bond donors (Lipinski definition) is 2. The normalized spacial score (nSPS) is 10.7. The fourth-order valence-corrected chi connectivity index (χ4v) is 1.17. The largest absolute Gasteiger partial charge is 0.505 e. The van der Waals surface area contributed by atoms with Crippen molar-refractivity contribution in [2.45, 2.75) is 12.8 Å². The number of aromatic nitrogens is 1. The molecule has 2 N–H and O–H groups in total. The number of carboxylic acids is 1. The molecule has 0 saturated heterocycles. The Morgan fingerprint density at radius 3 is 2.67 bits per heavy atom. The first-order chi connectivity index (χ1) is 6.91. The Hall–Kier alpha value is -1.43. The van der Waals surface area contributed by atoms with E-state index >= 15 is 0 Å². The van der Waals surface area contributed by atoms with E-state index in [0.717, 1.165) is 6.07 Å². The SMILES string of the molecule is O=C(O)Cc1cc(O)c(Cl)nc1C(F)F. The van der Waals surface area contributed by atoms with E-state index < -0.39 is 35.4 Å². The lowest BCUT2D eigenvalue weighted by Crippen LogP contribution is -2.06. The second-order valence-corrected chi connectivity index (χ2v) is 3.07. The Morgan fingerprint density at radius 2 is 2.20 bits per heavy atom. The first-order valence-electron chi connectivity index (χ1n) is 3.80. The van der Waals surface area contributed by atoms with Gasteiger partial charge in [-0.1, -0.05) is 11.6 Å². The van der Waals surface area contributed by atoms with E-state index in [0.29, 0.717) is 0 Å². The van der Waals surface area contributed by atoms with E-state index in [1.807, 2.05) is 0 Å². The molecular weight excluding hydrogens is 232 g/mol. The van der Waals surface area contributed by atoms with Crippen LogP contribution in [0.4, 0.5) is 8.78 Å². The van der Waals surface area contributed by atoms with Crippen molar-refractivity contribution in [1.29, 1.82) is 0 Å². The van der Waals surface area contributed by atoms with Crippen molar-refractivity contribution >= 4 is 17.6 Å². The number of rotatable bonds is 3. The minimum atomic E-state index is -2.93. The predicted octanol–water partition coefficient (Wildman–Crippen LogP) is 2.01. The smallest absolute Gasteiger partial charge is 0.307 e. The van der Waals surface area contributed by atoms with Crippen molar-refractivity contribution in [2.24, 2.45) is 0 Å². The zero-order chi connectivity index (χ0) is 11.6. The van der Waals surface area contributed by atoms with Crippen LogP contribution in [0.2, 0.25) is 5.15 Å². The monoisotopic (exact) mass is 237 g/mol. The molecule has 0 atom stereocenters. The first kappa shape index (κ1) is 11.6. The summed E-state index contributed by atoms with van der Waals surface area (Å²) in [5.41, 5.74) is -0.973. The third-order valence-electron chi connectivity index (χ3n) is 1.62. The summed E-state index contributed by atoms with van der Waals surface area (Å²) in [5, 5.41) is 17.1. The fourth-order valence-electron chi connectivity index (χ4n) is 1.03.